The second kappa shape index (κ2) is 12.2. The molecule has 0 radical (unpaired) electrons. The minimum Gasteiger partial charge on any atom is -0.405 e. The van der Waals surface area contributed by atoms with Crippen molar-refractivity contribution in [3.8, 4) is 0 Å². The first-order valence-corrected chi connectivity index (χ1v) is 16.1. The number of thioether (sulfide) groups is 1. The molecule has 0 N–H and O–H groups in total. The Morgan fingerprint density at radius 3 is 1.97 bits per heavy atom. The molecule has 0 saturated carbocycles. The van der Waals surface area contributed by atoms with Crippen LogP contribution in [0.15, 0.2) is 60.7 Å². The largest absolute Gasteiger partial charge is 0.405 e. The van der Waals surface area contributed by atoms with E-state index in [1.165, 1.54) is 10.4 Å². The molecular weight excluding hydrogens is 471 g/mol. The predicted octanol–water partition coefficient (Wildman–Crippen LogP) is 4.68. The summed E-state index contributed by atoms with van der Waals surface area (Å²) in [7, 11) is -5.11. The van der Waals surface area contributed by atoms with E-state index < -0.39 is 16.6 Å². The van der Waals surface area contributed by atoms with Crippen LogP contribution in [0.5, 0.6) is 0 Å². The summed E-state index contributed by atoms with van der Waals surface area (Å²) in [5, 5.41) is 2.50. The van der Waals surface area contributed by atoms with Crippen molar-refractivity contribution in [2.24, 2.45) is 5.41 Å². The summed E-state index contributed by atoms with van der Waals surface area (Å²) >= 11 is 1.67. The standard InChI is InChI=1S/C25H37O5PSSi/c1-6-27-31(26,28-7-2)18-23-29-22(19-32-23)24(25(3,4)5)30-33(20-14-10-8-11-15-20)21-16-12-9-13-17-21/h8-17,22-24,33H,6-7,18-19H2,1-5H3. The Kier molecular flexibility index (Phi) is 9.83. The Balaban J connectivity index is 1.80. The highest BCUT2D eigenvalue weighted by Crippen LogP contribution is 2.51. The first-order valence-electron chi connectivity index (χ1n) is 11.7. The van der Waals surface area contributed by atoms with Gasteiger partial charge in [-0.1, -0.05) is 81.4 Å². The molecule has 0 spiro atoms. The second-order valence-corrected chi connectivity index (χ2v) is 14.9. The molecule has 2 aromatic carbocycles. The fourth-order valence-corrected chi connectivity index (χ4v) is 10.1. The predicted molar refractivity (Wildman–Crippen MR) is 140 cm³/mol. The van der Waals surface area contributed by atoms with Crippen LogP contribution in [0, 0.1) is 5.41 Å². The number of ether oxygens (including phenoxy) is 1. The second-order valence-electron chi connectivity index (χ2n) is 9.19. The Hall–Kier alpha value is -0.923. The average Bonchev–Trinajstić information content (AvgIpc) is 3.22. The van der Waals surface area contributed by atoms with Gasteiger partial charge in [0.25, 0.3) is 0 Å². The number of rotatable bonds is 11. The van der Waals surface area contributed by atoms with Crippen molar-refractivity contribution in [3.63, 3.8) is 0 Å². The monoisotopic (exact) mass is 508 g/mol. The molecule has 1 fully saturated rings. The highest BCUT2D eigenvalue weighted by molar-refractivity contribution is 8.00. The van der Waals surface area contributed by atoms with Gasteiger partial charge in [0.05, 0.1) is 31.6 Å². The van der Waals surface area contributed by atoms with Gasteiger partial charge in [-0.3, -0.25) is 4.57 Å². The maximum absolute atomic E-state index is 13.0. The zero-order valence-corrected chi connectivity index (χ0v) is 23.2. The summed E-state index contributed by atoms with van der Waals surface area (Å²) in [5.41, 5.74) is -0.362. The van der Waals surface area contributed by atoms with Crippen LogP contribution in [0.4, 0.5) is 0 Å². The van der Waals surface area contributed by atoms with Crippen LogP contribution >= 0.6 is 19.4 Å². The van der Waals surface area contributed by atoms with Crippen molar-refractivity contribution < 1.29 is 22.8 Å². The van der Waals surface area contributed by atoms with Crippen LogP contribution in [0.25, 0.3) is 0 Å². The van der Waals surface area contributed by atoms with E-state index in [1.54, 1.807) is 11.8 Å². The van der Waals surface area contributed by atoms with Gasteiger partial charge in [-0.25, -0.2) is 0 Å². The van der Waals surface area contributed by atoms with Gasteiger partial charge in [-0.2, -0.15) is 0 Å². The van der Waals surface area contributed by atoms with Gasteiger partial charge in [-0.05, 0) is 29.6 Å². The quantitative estimate of drug-likeness (QED) is 0.325. The molecule has 1 aliphatic heterocycles. The first kappa shape index (κ1) is 26.7. The molecule has 2 aromatic rings. The van der Waals surface area contributed by atoms with Gasteiger partial charge in [0.15, 0.2) is 0 Å². The smallest absolute Gasteiger partial charge is 0.334 e. The Bertz CT molecular complexity index is 843. The van der Waals surface area contributed by atoms with Crippen molar-refractivity contribution in [3.05, 3.63) is 60.7 Å². The van der Waals surface area contributed by atoms with Gasteiger partial charge in [0.1, 0.15) is 5.44 Å². The van der Waals surface area contributed by atoms with Gasteiger partial charge in [0, 0.05) is 5.75 Å². The zero-order valence-electron chi connectivity index (χ0n) is 20.3. The summed E-state index contributed by atoms with van der Waals surface area (Å²) in [6, 6.07) is 21.0. The summed E-state index contributed by atoms with van der Waals surface area (Å²) in [4.78, 5) is 0. The third kappa shape index (κ3) is 7.53. The molecule has 0 bridgehead atoms. The molecule has 182 valence electrons. The minimum atomic E-state index is -3.17. The minimum absolute atomic E-state index is 0.0980. The molecule has 1 saturated heterocycles. The summed E-state index contributed by atoms with van der Waals surface area (Å²) in [5.74, 6) is 0.787. The van der Waals surface area contributed by atoms with Crippen LogP contribution < -0.4 is 10.4 Å². The lowest BCUT2D eigenvalue weighted by molar-refractivity contribution is -0.0526. The number of hydrogen-bond donors (Lipinski definition) is 0. The fourth-order valence-electron chi connectivity index (χ4n) is 4.05. The zero-order chi connectivity index (χ0) is 23.9. The van der Waals surface area contributed by atoms with E-state index in [4.69, 9.17) is 18.2 Å². The van der Waals surface area contributed by atoms with Crippen molar-refractivity contribution in [1.29, 1.82) is 0 Å². The van der Waals surface area contributed by atoms with Crippen LogP contribution in [-0.2, 0) is 22.8 Å². The van der Waals surface area contributed by atoms with Crippen LogP contribution in [-0.4, -0.2) is 51.8 Å². The van der Waals surface area contributed by atoms with Gasteiger partial charge >= 0.3 is 7.60 Å². The molecule has 5 nitrogen and oxygen atoms in total. The molecule has 3 rings (SSSR count). The van der Waals surface area contributed by atoms with Crippen LogP contribution in [0.2, 0.25) is 0 Å². The fraction of sp³-hybridized carbons (Fsp3) is 0.520. The third-order valence-corrected chi connectivity index (χ3v) is 11.5. The SMILES string of the molecule is CCOP(=O)(CC1OC(C(O[SiH](c2ccccc2)c2ccccc2)C(C)(C)C)CS1)OCC. The molecule has 1 aliphatic rings. The van der Waals surface area contributed by atoms with E-state index in [0.29, 0.717) is 13.2 Å². The molecule has 0 amide bonds. The first-order chi connectivity index (χ1) is 15.8. The summed E-state index contributed by atoms with van der Waals surface area (Å²) < 4.78 is 37.5. The normalized spacial score (nSPS) is 20.3. The van der Waals surface area contributed by atoms with Crippen molar-refractivity contribution in [2.75, 3.05) is 25.1 Å². The topological polar surface area (TPSA) is 54.0 Å². The lowest BCUT2D eigenvalue weighted by Gasteiger charge is -2.37. The average molecular weight is 509 g/mol. The molecule has 1 heterocycles. The van der Waals surface area contributed by atoms with E-state index in [0.717, 1.165) is 5.75 Å². The van der Waals surface area contributed by atoms with Crippen molar-refractivity contribution >= 4 is 38.8 Å². The maximum Gasteiger partial charge on any atom is 0.334 e. The Labute approximate surface area is 204 Å². The van der Waals surface area contributed by atoms with Crippen LogP contribution in [0.3, 0.4) is 0 Å². The highest BCUT2D eigenvalue weighted by Gasteiger charge is 2.43. The lowest BCUT2D eigenvalue weighted by Crippen LogP contribution is -2.53. The van der Waals surface area contributed by atoms with Gasteiger partial charge < -0.3 is 18.2 Å². The highest BCUT2D eigenvalue weighted by atomic mass is 32.2. The molecule has 0 aromatic heterocycles. The summed E-state index contributed by atoms with van der Waals surface area (Å²) in [6.45, 7) is 11.0. The lowest BCUT2D eigenvalue weighted by atomic mass is 9.86. The van der Waals surface area contributed by atoms with E-state index in [9.17, 15) is 4.57 Å². The van der Waals surface area contributed by atoms with Gasteiger partial charge in [0.2, 0.25) is 9.04 Å². The molecule has 0 aliphatic carbocycles. The van der Waals surface area contributed by atoms with E-state index in [1.807, 2.05) is 26.0 Å². The third-order valence-electron chi connectivity index (χ3n) is 5.48. The number of hydrogen-bond acceptors (Lipinski definition) is 6. The van der Waals surface area contributed by atoms with E-state index >= 15 is 0 Å². The molecule has 33 heavy (non-hydrogen) atoms. The van der Waals surface area contributed by atoms with E-state index in [2.05, 4.69) is 69.3 Å². The molecular formula is C25H37O5PSSi. The Morgan fingerprint density at radius 1 is 1.00 bits per heavy atom. The maximum atomic E-state index is 13.0. The van der Waals surface area contributed by atoms with E-state index in [-0.39, 0.29) is 29.2 Å². The Morgan fingerprint density at radius 2 is 1.52 bits per heavy atom. The van der Waals surface area contributed by atoms with Crippen LogP contribution in [0.1, 0.15) is 34.6 Å². The molecule has 8 heteroatoms. The van der Waals surface area contributed by atoms with Crippen molar-refractivity contribution in [1.82, 2.24) is 0 Å². The van der Waals surface area contributed by atoms with Gasteiger partial charge in [-0.15, -0.1) is 11.8 Å². The summed E-state index contributed by atoms with van der Waals surface area (Å²) in [6.07, 6.45) is 0.0510. The van der Waals surface area contributed by atoms with Crippen molar-refractivity contribution in [2.45, 2.75) is 52.3 Å². The number of benzene rings is 2. The molecule has 3 unspecified atom stereocenters. The molecule has 3 atom stereocenters.